The van der Waals surface area contributed by atoms with E-state index < -0.39 is 11.0 Å². The van der Waals surface area contributed by atoms with Crippen LogP contribution in [0.3, 0.4) is 0 Å². The van der Waals surface area contributed by atoms with E-state index in [4.69, 9.17) is 0 Å². The molecule has 5 nitrogen and oxygen atoms in total. The minimum absolute atomic E-state index is 0.0624. The molecule has 19 heavy (non-hydrogen) atoms. The predicted molar refractivity (Wildman–Crippen MR) is 69.9 cm³/mol. The summed E-state index contributed by atoms with van der Waals surface area (Å²) < 4.78 is 0. The predicted octanol–water partition coefficient (Wildman–Crippen LogP) is 1.01. The van der Waals surface area contributed by atoms with E-state index in [9.17, 15) is 14.9 Å². The van der Waals surface area contributed by atoms with Crippen LogP contribution in [0.25, 0.3) is 0 Å². The van der Waals surface area contributed by atoms with Crippen LogP contribution in [0.2, 0.25) is 0 Å². The summed E-state index contributed by atoms with van der Waals surface area (Å²) in [6.45, 7) is 6.60. The highest BCUT2D eigenvalue weighted by atomic mass is 16.2. The summed E-state index contributed by atoms with van der Waals surface area (Å²) in [6, 6.07) is 2.19. The van der Waals surface area contributed by atoms with E-state index in [-0.39, 0.29) is 11.8 Å². The molecule has 0 radical (unpaired) electrons. The highest BCUT2D eigenvalue weighted by Crippen LogP contribution is 2.47. The molecule has 2 aliphatic rings. The van der Waals surface area contributed by atoms with Gasteiger partial charge in [0, 0.05) is 20.1 Å². The van der Waals surface area contributed by atoms with Gasteiger partial charge >= 0.3 is 0 Å². The van der Waals surface area contributed by atoms with Crippen molar-refractivity contribution >= 4 is 11.8 Å². The Morgan fingerprint density at radius 1 is 1.37 bits per heavy atom. The van der Waals surface area contributed by atoms with Crippen LogP contribution in [0.15, 0.2) is 0 Å². The van der Waals surface area contributed by atoms with E-state index in [1.54, 1.807) is 30.7 Å². The third-order valence-electron chi connectivity index (χ3n) is 4.47. The van der Waals surface area contributed by atoms with Crippen LogP contribution in [0.4, 0.5) is 0 Å². The van der Waals surface area contributed by atoms with Gasteiger partial charge in [-0.1, -0.05) is 6.92 Å². The summed E-state index contributed by atoms with van der Waals surface area (Å²) in [6.07, 6.45) is 1.22. The van der Waals surface area contributed by atoms with E-state index in [2.05, 4.69) is 6.07 Å². The highest BCUT2D eigenvalue weighted by molar-refractivity contribution is 5.95. The average molecular weight is 263 g/mol. The Kier molecular flexibility index (Phi) is 3.08. The van der Waals surface area contributed by atoms with E-state index in [1.165, 1.54) is 0 Å². The van der Waals surface area contributed by atoms with Crippen molar-refractivity contribution in [3.63, 3.8) is 0 Å². The molecule has 1 heterocycles. The maximum absolute atomic E-state index is 12.7. The number of carbonyl (C=O) groups is 2. The zero-order chi connectivity index (χ0) is 14.4. The van der Waals surface area contributed by atoms with Crippen LogP contribution in [0, 0.1) is 22.7 Å². The van der Waals surface area contributed by atoms with Gasteiger partial charge in [-0.3, -0.25) is 9.59 Å². The Labute approximate surface area is 114 Å². The fourth-order valence-electron chi connectivity index (χ4n) is 3.27. The number of nitriles is 1. The number of amides is 2. The van der Waals surface area contributed by atoms with Crippen molar-refractivity contribution in [2.45, 2.75) is 39.2 Å². The maximum atomic E-state index is 12.7. The number of hydrogen-bond acceptors (Lipinski definition) is 3. The first-order chi connectivity index (χ1) is 8.74. The topological polar surface area (TPSA) is 64.4 Å². The molecule has 1 saturated heterocycles. The second-order valence-electron chi connectivity index (χ2n) is 6.45. The van der Waals surface area contributed by atoms with Gasteiger partial charge in [-0.25, -0.2) is 0 Å². The standard InChI is InChI=1S/C14H21N3O2/c1-10-7-14(8-10,9-15)12(19)17-6-5-16(4)11(18)13(17,2)3/h10H,5-8H2,1-4H3. The number of nitrogens with zero attached hydrogens (tertiary/aromatic N) is 3. The summed E-state index contributed by atoms with van der Waals surface area (Å²) in [4.78, 5) is 28.1. The van der Waals surface area contributed by atoms with Gasteiger partial charge < -0.3 is 9.80 Å². The van der Waals surface area contributed by atoms with E-state index >= 15 is 0 Å². The second kappa shape index (κ2) is 4.22. The number of carbonyl (C=O) groups excluding carboxylic acids is 2. The fraction of sp³-hybridized carbons (Fsp3) is 0.786. The molecule has 0 N–H and O–H groups in total. The third-order valence-corrected chi connectivity index (χ3v) is 4.47. The van der Waals surface area contributed by atoms with Crippen molar-refractivity contribution in [1.29, 1.82) is 5.26 Å². The molecule has 0 bridgehead atoms. The van der Waals surface area contributed by atoms with Crippen LogP contribution in [-0.4, -0.2) is 47.3 Å². The minimum Gasteiger partial charge on any atom is -0.342 e. The molecule has 0 aromatic carbocycles. The number of rotatable bonds is 1. The molecular formula is C14H21N3O2. The monoisotopic (exact) mass is 263 g/mol. The lowest BCUT2D eigenvalue weighted by Gasteiger charge is -2.50. The van der Waals surface area contributed by atoms with Gasteiger partial charge in [0.25, 0.3) is 0 Å². The summed E-state index contributed by atoms with van der Waals surface area (Å²) in [5.74, 6) is 0.182. The summed E-state index contributed by atoms with van der Waals surface area (Å²) in [5.41, 5.74) is -1.75. The third kappa shape index (κ3) is 1.90. The van der Waals surface area contributed by atoms with Gasteiger partial charge in [-0.2, -0.15) is 5.26 Å². The minimum atomic E-state index is -0.896. The molecule has 1 saturated carbocycles. The van der Waals surface area contributed by atoms with Crippen molar-refractivity contribution in [3.8, 4) is 6.07 Å². The molecule has 0 unspecified atom stereocenters. The smallest absolute Gasteiger partial charge is 0.247 e. The van der Waals surface area contributed by atoms with Gasteiger partial charge in [0.2, 0.25) is 11.8 Å². The molecular weight excluding hydrogens is 242 g/mol. The van der Waals surface area contributed by atoms with Crippen LogP contribution in [-0.2, 0) is 9.59 Å². The van der Waals surface area contributed by atoms with Crippen LogP contribution in [0.5, 0.6) is 0 Å². The highest BCUT2D eigenvalue weighted by Gasteiger charge is 2.55. The maximum Gasteiger partial charge on any atom is 0.247 e. The Bertz CT molecular complexity index is 458. The van der Waals surface area contributed by atoms with Crippen LogP contribution in [0.1, 0.15) is 33.6 Å². The zero-order valence-corrected chi connectivity index (χ0v) is 12.1. The Morgan fingerprint density at radius 2 is 1.95 bits per heavy atom. The molecule has 2 fully saturated rings. The van der Waals surface area contributed by atoms with Crippen LogP contribution < -0.4 is 0 Å². The van der Waals surface area contributed by atoms with Crippen molar-refractivity contribution in [3.05, 3.63) is 0 Å². The summed E-state index contributed by atoms with van der Waals surface area (Å²) in [5, 5.41) is 9.35. The van der Waals surface area contributed by atoms with Gasteiger partial charge in [0.1, 0.15) is 11.0 Å². The molecule has 0 atom stereocenters. The first-order valence-electron chi connectivity index (χ1n) is 6.73. The molecule has 0 spiro atoms. The van der Waals surface area contributed by atoms with E-state index in [0.717, 1.165) is 0 Å². The van der Waals surface area contributed by atoms with Crippen molar-refractivity contribution in [1.82, 2.24) is 9.80 Å². The molecule has 1 aliphatic carbocycles. The normalized spacial score (nSPS) is 33.6. The first-order valence-corrected chi connectivity index (χ1v) is 6.73. The Hall–Kier alpha value is -1.57. The molecule has 1 aliphatic heterocycles. The van der Waals surface area contributed by atoms with Crippen molar-refractivity contribution in [2.24, 2.45) is 11.3 Å². The van der Waals surface area contributed by atoms with Gasteiger partial charge in [-0.15, -0.1) is 0 Å². The average Bonchev–Trinajstić information content (AvgIpc) is 2.31. The molecule has 2 rings (SSSR count). The fourth-order valence-corrected chi connectivity index (χ4v) is 3.27. The number of hydrogen-bond donors (Lipinski definition) is 0. The molecule has 104 valence electrons. The van der Waals surface area contributed by atoms with Gasteiger partial charge in [0.05, 0.1) is 6.07 Å². The van der Waals surface area contributed by atoms with Gasteiger partial charge in [-0.05, 0) is 32.6 Å². The molecule has 0 aromatic rings. The first kappa shape index (κ1) is 13.9. The lowest BCUT2D eigenvalue weighted by atomic mass is 9.62. The Balaban J connectivity index is 2.25. The SMILES string of the molecule is CC1CC(C#N)(C(=O)N2CCN(C)C(=O)C2(C)C)C1. The second-order valence-corrected chi connectivity index (χ2v) is 6.45. The van der Waals surface area contributed by atoms with Crippen molar-refractivity contribution in [2.75, 3.05) is 20.1 Å². The lowest BCUT2D eigenvalue weighted by molar-refractivity contribution is -0.165. The van der Waals surface area contributed by atoms with Gasteiger partial charge in [0.15, 0.2) is 0 Å². The van der Waals surface area contributed by atoms with E-state index in [1.807, 2.05) is 6.92 Å². The van der Waals surface area contributed by atoms with E-state index in [0.29, 0.717) is 31.8 Å². The van der Waals surface area contributed by atoms with Crippen LogP contribution >= 0.6 is 0 Å². The molecule has 2 amide bonds. The number of likely N-dealkylation sites (N-methyl/N-ethyl adjacent to an activating group) is 1. The summed E-state index contributed by atoms with van der Waals surface area (Å²) in [7, 11) is 1.75. The largest absolute Gasteiger partial charge is 0.342 e. The Morgan fingerprint density at radius 3 is 2.42 bits per heavy atom. The zero-order valence-electron chi connectivity index (χ0n) is 12.1. The lowest BCUT2D eigenvalue weighted by Crippen LogP contribution is -2.66. The van der Waals surface area contributed by atoms with Crippen molar-refractivity contribution < 1.29 is 9.59 Å². The molecule has 0 aromatic heterocycles. The molecule has 5 heteroatoms. The quantitative estimate of drug-likeness (QED) is 0.709. The number of piperazine rings is 1. The summed E-state index contributed by atoms with van der Waals surface area (Å²) >= 11 is 0.